The Bertz CT molecular complexity index is 2910. The van der Waals surface area contributed by atoms with E-state index in [9.17, 15) is 57.5 Å². The molecule has 0 aromatic carbocycles. The second-order valence-corrected chi connectivity index (χ2v) is 41.2. The van der Waals surface area contributed by atoms with Crippen molar-refractivity contribution in [2.75, 3.05) is 254 Å². The van der Waals surface area contributed by atoms with E-state index >= 15 is 0 Å². The number of carbonyl (C=O) groups is 12. The lowest BCUT2D eigenvalue weighted by Crippen LogP contribution is -2.45. The van der Waals surface area contributed by atoms with Crippen LogP contribution in [-0.2, 0) is 114 Å². The minimum Gasteiger partial charge on any atom is -0.463 e. The summed E-state index contributed by atoms with van der Waals surface area (Å²) in [5, 5.41) is 0. The lowest BCUT2D eigenvalue weighted by molar-refractivity contribution is -0.156. The largest absolute Gasteiger partial charge is 0.463 e. The number of ketones is 1. The van der Waals surface area contributed by atoms with Gasteiger partial charge in [-0.15, -0.1) is 0 Å². The number of nitrogens with zero attached hydrogens (tertiary/aromatic N) is 5. The summed E-state index contributed by atoms with van der Waals surface area (Å²) in [6.07, 6.45) is 30.0. The number of esters is 11. The van der Waals surface area contributed by atoms with Gasteiger partial charge in [-0.2, -0.15) is 70.6 Å². The molecule has 1 fully saturated rings. The van der Waals surface area contributed by atoms with Gasteiger partial charge in [0.05, 0.1) is 81.2 Å². The SMILES string of the molecule is CCCCCCCCSCC(=O)C(=O)OCCOC(=O)CCN(CCSCC(C)C(=O)OCCOC(=O)CCN(CCCN1CCN(C)CC1)CCC(=O)OCCOC(=O)C(C)CSCCN(CCC(=O)OCCOC(=O)C(C)CSCCCCCCCC)CCC(=O)OCCOC(=O)C(C)CSCCCCCCCC)CCC(=O)OCCOCC(C)CSCCCCCCCC. The molecule has 0 N–H and O–H groups in total. The van der Waals surface area contributed by atoms with Crippen LogP contribution in [0.3, 0.4) is 0 Å². The fourth-order valence-electron chi connectivity index (χ4n) is 13.3. The van der Waals surface area contributed by atoms with Crippen molar-refractivity contribution in [3.63, 3.8) is 0 Å². The fraction of sp³-hybridized carbons (Fsp3) is 0.876. The molecule has 0 bridgehead atoms. The monoisotopic (exact) mass is 1990 g/mol. The van der Waals surface area contributed by atoms with Gasteiger partial charge in [0.1, 0.15) is 72.7 Å². The van der Waals surface area contributed by atoms with Gasteiger partial charge in [0, 0.05) is 113 Å². The van der Waals surface area contributed by atoms with Gasteiger partial charge in [0.25, 0.3) is 0 Å². The third kappa shape index (κ3) is 77.6. The number of rotatable bonds is 93. The number of unbranched alkanes of at least 4 members (excludes halogenated alkanes) is 20. The lowest BCUT2D eigenvalue weighted by atomic mass is 10.1. The zero-order chi connectivity index (χ0) is 96.9. The van der Waals surface area contributed by atoms with Crippen molar-refractivity contribution >= 4 is 142 Å². The van der Waals surface area contributed by atoms with Gasteiger partial charge >= 0.3 is 65.7 Å². The number of piperazine rings is 1. The predicted octanol–water partition coefficient (Wildman–Crippen LogP) is 15.5. The van der Waals surface area contributed by atoms with E-state index < -0.39 is 71.3 Å². The normalized spacial score (nSPS) is 13.6. The fourth-order valence-corrected chi connectivity index (χ4v) is 19.5. The molecule has 768 valence electrons. The highest BCUT2D eigenvalue weighted by Gasteiger charge is 2.24. The van der Waals surface area contributed by atoms with E-state index in [1.807, 2.05) is 40.3 Å². The molecule has 1 saturated heterocycles. The van der Waals surface area contributed by atoms with E-state index in [1.54, 1.807) is 37.4 Å². The first-order valence-electron chi connectivity index (χ1n) is 49.8. The van der Waals surface area contributed by atoms with Crippen LogP contribution in [0, 0.1) is 29.6 Å². The molecule has 1 rings (SSSR count). The quantitative estimate of drug-likeness (QED) is 0.0236. The number of hydrogen-bond acceptors (Lipinski definition) is 35. The first-order chi connectivity index (χ1) is 63.9. The number of Topliss-reactive ketones (excluding diaryl/α,β-unsaturated/α-hetero) is 1. The Morgan fingerprint density at radius 2 is 0.545 bits per heavy atom. The summed E-state index contributed by atoms with van der Waals surface area (Å²) in [5.74, 6) is 0.906. The van der Waals surface area contributed by atoms with Crippen molar-refractivity contribution in [2.24, 2.45) is 29.6 Å². The minimum absolute atomic E-state index is 0.00888. The van der Waals surface area contributed by atoms with Gasteiger partial charge in [-0.05, 0) is 86.9 Å². The molecule has 5 unspecified atom stereocenters. The third-order valence-corrected chi connectivity index (χ3v) is 29.3. The van der Waals surface area contributed by atoms with E-state index in [4.69, 9.17) is 56.8 Å². The summed E-state index contributed by atoms with van der Waals surface area (Å²) in [6.45, 7) is 25.6. The second kappa shape index (κ2) is 89.3. The molecule has 132 heavy (non-hydrogen) atoms. The Hall–Kier alpha value is -4.30. The average molecular weight is 1990 g/mol. The van der Waals surface area contributed by atoms with Crippen LogP contribution < -0.4 is 0 Å². The van der Waals surface area contributed by atoms with Crippen LogP contribution in [0.25, 0.3) is 0 Å². The van der Waals surface area contributed by atoms with E-state index in [2.05, 4.69) is 51.5 Å². The van der Waals surface area contributed by atoms with Crippen molar-refractivity contribution < 1.29 is 114 Å². The van der Waals surface area contributed by atoms with Crippen molar-refractivity contribution in [1.82, 2.24) is 24.5 Å². The molecule has 1 aliphatic heterocycles. The molecule has 0 aliphatic carbocycles. The van der Waals surface area contributed by atoms with Crippen LogP contribution in [0.2, 0.25) is 0 Å². The molecular formula is C97H175N5O24S6. The molecule has 0 aromatic heterocycles. The molecular weight excluding hydrogens is 1810 g/mol. The third-order valence-electron chi connectivity index (χ3n) is 21.8. The smallest absolute Gasteiger partial charge is 0.375 e. The van der Waals surface area contributed by atoms with Gasteiger partial charge < -0.3 is 81.3 Å². The highest BCUT2D eigenvalue weighted by molar-refractivity contribution is 8.00. The maximum Gasteiger partial charge on any atom is 0.375 e. The van der Waals surface area contributed by atoms with Crippen molar-refractivity contribution in [3.8, 4) is 0 Å². The highest BCUT2D eigenvalue weighted by Crippen LogP contribution is 2.21. The van der Waals surface area contributed by atoms with Crippen molar-refractivity contribution in [2.45, 2.75) is 261 Å². The molecule has 5 atom stereocenters. The standard InChI is InChI=1S/C97H175N5O24S6/c1-11-15-19-23-27-31-68-127-75-81(5)74-115-56-57-116-87(104)38-46-101(49-41-92(109)121-62-67-126-97(114)86(103)80-130-71-34-30-26-22-18-14-4)54-72-131-78-84(8)95(112)124-65-58-117-88(105)36-44-99(42-35-43-100-52-50-98(10)51-53-100)45-37-89(106)118-59-66-125-96(113)85(9)79-132-73-55-102(47-39-90(107)119-60-63-122-93(110)82(6)76-128-69-32-28-24-20-16-12-2)48-40-91(108)120-61-64-123-94(111)83(7)77-129-70-33-29-25-21-17-13-3/h81-85H,11-80H2,1-10H3. The summed E-state index contributed by atoms with van der Waals surface area (Å²) in [6, 6.07) is 0. The molecule has 0 saturated carbocycles. The Morgan fingerprint density at radius 1 is 0.280 bits per heavy atom. The average Bonchev–Trinajstić information content (AvgIpc) is 0.910. The van der Waals surface area contributed by atoms with Crippen LogP contribution in [0.4, 0.5) is 0 Å². The van der Waals surface area contributed by atoms with Crippen LogP contribution in [0.5, 0.6) is 0 Å². The summed E-state index contributed by atoms with van der Waals surface area (Å²) in [7, 11) is 2.10. The number of carbonyl (C=O) groups excluding carboxylic acids is 12. The predicted molar refractivity (Wildman–Crippen MR) is 535 cm³/mol. The van der Waals surface area contributed by atoms with Gasteiger partial charge in [-0.1, -0.05) is 191 Å². The Balaban J connectivity index is 2.75. The first-order valence-corrected chi connectivity index (χ1v) is 56.8. The molecule has 35 heteroatoms. The number of thioether (sulfide) groups is 6. The van der Waals surface area contributed by atoms with Gasteiger partial charge in [-0.3, -0.25) is 52.7 Å². The topological polar surface area (TPSA) is 332 Å². The second-order valence-electron chi connectivity index (χ2n) is 34.4. The van der Waals surface area contributed by atoms with Gasteiger partial charge in [0.15, 0.2) is 0 Å². The maximum atomic E-state index is 13.2. The number of ether oxygens (including phenoxy) is 12. The molecule has 1 heterocycles. The van der Waals surface area contributed by atoms with Crippen LogP contribution >= 0.6 is 70.6 Å². The molecule has 0 radical (unpaired) electrons. The van der Waals surface area contributed by atoms with Crippen LogP contribution in [0.15, 0.2) is 0 Å². The maximum absolute atomic E-state index is 13.2. The van der Waals surface area contributed by atoms with E-state index in [0.717, 1.165) is 100 Å². The Labute approximate surface area is 820 Å². The van der Waals surface area contributed by atoms with E-state index in [0.29, 0.717) is 86.3 Å². The summed E-state index contributed by atoms with van der Waals surface area (Å²) in [4.78, 5) is 165. The Morgan fingerprint density at radius 3 is 0.871 bits per heavy atom. The molecule has 0 aromatic rings. The summed E-state index contributed by atoms with van der Waals surface area (Å²) < 4.78 is 65.4. The molecule has 0 spiro atoms. The van der Waals surface area contributed by atoms with Gasteiger partial charge in [-0.25, -0.2) is 4.79 Å². The zero-order valence-corrected chi connectivity index (χ0v) is 87.8. The zero-order valence-electron chi connectivity index (χ0n) is 82.9. The van der Waals surface area contributed by atoms with Crippen molar-refractivity contribution in [3.05, 3.63) is 0 Å². The minimum atomic E-state index is -0.954. The Kier molecular flexibility index (Phi) is 85.1. The molecule has 1 aliphatic rings. The van der Waals surface area contributed by atoms with Crippen molar-refractivity contribution in [1.29, 1.82) is 0 Å². The van der Waals surface area contributed by atoms with Gasteiger partial charge in [0.2, 0.25) is 5.78 Å². The van der Waals surface area contributed by atoms with E-state index in [-0.39, 0.29) is 167 Å². The van der Waals surface area contributed by atoms with Crippen LogP contribution in [0.1, 0.15) is 261 Å². The molecule has 29 nitrogen and oxygen atoms in total. The first kappa shape index (κ1) is 126. The summed E-state index contributed by atoms with van der Waals surface area (Å²) >= 11 is 9.85. The highest BCUT2D eigenvalue weighted by atomic mass is 32.2. The number of likely N-dealkylation sites (N-methyl/N-ethyl adjacent to an activating group) is 1. The lowest BCUT2D eigenvalue weighted by Gasteiger charge is -2.33. The molecule has 0 amide bonds. The summed E-state index contributed by atoms with van der Waals surface area (Å²) in [5.41, 5.74) is 0. The number of hydrogen-bond donors (Lipinski definition) is 0. The van der Waals surface area contributed by atoms with Crippen LogP contribution in [-0.4, -0.2) is 350 Å². The van der Waals surface area contributed by atoms with E-state index in [1.165, 1.54) is 157 Å².